The molecule has 0 radical (unpaired) electrons. The van der Waals surface area contributed by atoms with E-state index < -0.39 is 0 Å². The average Bonchev–Trinajstić information content (AvgIpc) is 1.99. The highest BCUT2D eigenvalue weighted by Crippen LogP contribution is 1.97. The lowest BCUT2D eigenvalue weighted by Crippen LogP contribution is -2.29. The lowest BCUT2D eigenvalue weighted by atomic mass is 10.3. The number of hydrogen-bond acceptors (Lipinski definition) is 2. The lowest BCUT2D eigenvalue weighted by molar-refractivity contribution is 0.646. The highest BCUT2D eigenvalue weighted by atomic mass is 32.2. The topological polar surface area (TPSA) is 24.4 Å². The molecule has 1 atom stereocenters. The van der Waals surface area contributed by atoms with Gasteiger partial charge in [-0.3, -0.25) is 4.99 Å². The fourth-order valence-corrected chi connectivity index (χ4v) is 1.03. The van der Waals surface area contributed by atoms with Crippen molar-refractivity contribution in [3.8, 4) is 0 Å². The standard InChI is InChI=1S/C7H16N2S/c1-5-6(2)9-7(8-3)10-4/h6H,5H2,1-4H3,(H,8,9)/t6-/m1/s1. The molecular weight excluding hydrogens is 144 g/mol. The van der Waals surface area contributed by atoms with Crippen LogP contribution in [-0.4, -0.2) is 24.5 Å². The van der Waals surface area contributed by atoms with Gasteiger partial charge in [0.25, 0.3) is 0 Å². The van der Waals surface area contributed by atoms with Gasteiger partial charge in [0.2, 0.25) is 0 Å². The predicted octanol–water partition coefficient (Wildman–Crippen LogP) is 1.72. The van der Waals surface area contributed by atoms with E-state index in [9.17, 15) is 0 Å². The van der Waals surface area contributed by atoms with Crippen LogP contribution in [0.5, 0.6) is 0 Å². The third-order valence-corrected chi connectivity index (χ3v) is 2.07. The Kier molecular flexibility index (Phi) is 5.49. The zero-order valence-corrected chi connectivity index (χ0v) is 7.96. The molecule has 0 fully saturated rings. The first kappa shape index (κ1) is 9.82. The van der Waals surface area contributed by atoms with Crippen LogP contribution < -0.4 is 5.32 Å². The summed E-state index contributed by atoms with van der Waals surface area (Å²) in [5.41, 5.74) is 0. The molecule has 1 N–H and O–H groups in total. The summed E-state index contributed by atoms with van der Waals surface area (Å²) in [5, 5.41) is 4.30. The quantitative estimate of drug-likeness (QED) is 0.491. The third kappa shape index (κ3) is 3.77. The first-order valence-corrected chi connectivity index (χ1v) is 4.74. The molecule has 0 rings (SSSR count). The third-order valence-electron chi connectivity index (χ3n) is 1.38. The lowest BCUT2D eigenvalue weighted by Gasteiger charge is -2.12. The second-order valence-corrected chi connectivity index (χ2v) is 2.98. The van der Waals surface area contributed by atoms with E-state index in [2.05, 4.69) is 24.2 Å². The molecule has 0 saturated heterocycles. The van der Waals surface area contributed by atoms with Crippen LogP contribution in [0.25, 0.3) is 0 Å². The van der Waals surface area contributed by atoms with Crippen molar-refractivity contribution in [2.75, 3.05) is 13.3 Å². The minimum Gasteiger partial charge on any atom is -0.363 e. The molecule has 0 saturated carbocycles. The molecule has 0 aromatic rings. The summed E-state index contributed by atoms with van der Waals surface area (Å²) >= 11 is 1.65. The molecule has 3 heteroatoms. The highest BCUT2D eigenvalue weighted by molar-refractivity contribution is 8.13. The molecule has 0 unspecified atom stereocenters. The monoisotopic (exact) mass is 160 g/mol. The summed E-state index contributed by atoms with van der Waals surface area (Å²) < 4.78 is 0. The number of rotatable bonds is 2. The van der Waals surface area contributed by atoms with Crippen LogP contribution in [0.4, 0.5) is 0 Å². The van der Waals surface area contributed by atoms with Gasteiger partial charge in [0.1, 0.15) is 0 Å². The van der Waals surface area contributed by atoms with Crippen LogP contribution in [0, 0.1) is 0 Å². The fraction of sp³-hybridized carbons (Fsp3) is 0.857. The highest BCUT2D eigenvalue weighted by Gasteiger charge is 1.99. The van der Waals surface area contributed by atoms with E-state index in [1.807, 2.05) is 6.26 Å². The van der Waals surface area contributed by atoms with Gasteiger partial charge in [-0.2, -0.15) is 0 Å². The van der Waals surface area contributed by atoms with Gasteiger partial charge in [-0.25, -0.2) is 0 Å². The van der Waals surface area contributed by atoms with Crippen molar-refractivity contribution in [2.24, 2.45) is 4.99 Å². The van der Waals surface area contributed by atoms with E-state index in [4.69, 9.17) is 0 Å². The first-order chi connectivity index (χ1) is 4.74. The van der Waals surface area contributed by atoms with Crippen molar-refractivity contribution in [3.63, 3.8) is 0 Å². The normalized spacial score (nSPS) is 15.0. The zero-order valence-electron chi connectivity index (χ0n) is 7.14. The van der Waals surface area contributed by atoms with E-state index in [0.717, 1.165) is 11.6 Å². The number of nitrogens with zero attached hydrogens (tertiary/aromatic N) is 1. The molecule has 2 nitrogen and oxygen atoms in total. The summed E-state index contributed by atoms with van der Waals surface area (Å²) in [6, 6.07) is 0.533. The fourth-order valence-electron chi connectivity index (χ4n) is 0.528. The molecule has 60 valence electrons. The Hall–Kier alpha value is -0.180. The maximum Gasteiger partial charge on any atom is 0.156 e. The summed E-state index contributed by atoms with van der Waals surface area (Å²) in [5.74, 6) is 0. The van der Waals surface area contributed by atoms with Crippen LogP contribution in [-0.2, 0) is 0 Å². The molecule has 0 aliphatic carbocycles. The second-order valence-electron chi connectivity index (χ2n) is 2.19. The molecule has 0 aliphatic heterocycles. The van der Waals surface area contributed by atoms with Gasteiger partial charge in [-0.1, -0.05) is 18.7 Å². The number of amidine groups is 1. The van der Waals surface area contributed by atoms with Gasteiger partial charge in [0.15, 0.2) is 5.17 Å². The van der Waals surface area contributed by atoms with Crippen molar-refractivity contribution in [1.82, 2.24) is 5.32 Å². The van der Waals surface area contributed by atoms with Gasteiger partial charge in [0.05, 0.1) is 0 Å². The molecule has 0 aliphatic rings. The second kappa shape index (κ2) is 5.59. The number of aliphatic imine (C=N–C) groups is 1. The van der Waals surface area contributed by atoms with E-state index >= 15 is 0 Å². The van der Waals surface area contributed by atoms with Crippen molar-refractivity contribution in [3.05, 3.63) is 0 Å². The van der Waals surface area contributed by atoms with E-state index in [0.29, 0.717) is 6.04 Å². The van der Waals surface area contributed by atoms with Crippen molar-refractivity contribution < 1.29 is 0 Å². The van der Waals surface area contributed by atoms with Crippen LogP contribution in [0.2, 0.25) is 0 Å². The van der Waals surface area contributed by atoms with Crippen molar-refractivity contribution >= 4 is 16.9 Å². The Labute approximate surface area is 67.5 Å². The summed E-state index contributed by atoms with van der Waals surface area (Å²) in [7, 11) is 1.81. The molecule has 0 bridgehead atoms. The predicted molar refractivity (Wildman–Crippen MR) is 49.8 cm³/mol. The van der Waals surface area contributed by atoms with Gasteiger partial charge < -0.3 is 5.32 Å². The number of hydrogen-bond donors (Lipinski definition) is 1. The summed E-state index contributed by atoms with van der Waals surface area (Å²) in [4.78, 5) is 4.06. The Morgan fingerprint density at radius 2 is 2.30 bits per heavy atom. The minimum absolute atomic E-state index is 0.533. The van der Waals surface area contributed by atoms with Crippen LogP contribution in [0.3, 0.4) is 0 Å². The maximum atomic E-state index is 4.06. The molecule has 0 heterocycles. The zero-order chi connectivity index (χ0) is 7.98. The molecule has 0 aromatic heterocycles. The Bertz CT molecular complexity index is 112. The molecule has 10 heavy (non-hydrogen) atoms. The van der Waals surface area contributed by atoms with Gasteiger partial charge in [-0.05, 0) is 19.6 Å². The number of thioether (sulfide) groups is 1. The Morgan fingerprint density at radius 3 is 2.60 bits per heavy atom. The largest absolute Gasteiger partial charge is 0.363 e. The maximum absolute atomic E-state index is 4.06. The SMILES string of the molecule is CC[C@@H](C)NC(=NC)SC. The van der Waals surface area contributed by atoms with Gasteiger partial charge >= 0.3 is 0 Å². The molecular formula is C7H16N2S. The smallest absolute Gasteiger partial charge is 0.156 e. The van der Waals surface area contributed by atoms with Crippen molar-refractivity contribution in [1.29, 1.82) is 0 Å². The van der Waals surface area contributed by atoms with E-state index in [1.165, 1.54) is 0 Å². The number of nitrogens with one attached hydrogen (secondary N) is 1. The van der Waals surface area contributed by atoms with Crippen LogP contribution >= 0.6 is 11.8 Å². The van der Waals surface area contributed by atoms with Gasteiger partial charge in [0, 0.05) is 13.1 Å². The average molecular weight is 160 g/mol. The minimum atomic E-state index is 0.533. The molecule has 0 amide bonds. The van der Waals surface area contributed by atoms with E-state index in [-0.39, 0.29) is 0 Å². The Morgan fingerprint density at radius 1 is 1.70 bits per heavy atom. The molecule has 0 spiro atoms. The summed E-state index contributed by atoms with van der Waals surface area (Å²) in [6.45, 7) is 4.31. The van der Waals surface area contributed by atoms with Crippen molar-refractivity contribution in [2.45, 2.75) is 26.3 Å². The van der Waals surface area contributed by atoms with Crippen LogP contribution in [0.15, 0.2) is 4.99 Å². The molecule has 0 aromatic carbocycles. The summed E-state index contributed by atoms with van der Waals surface area (Å²) in [6.07, 6.45) is 3.16. The first-order valence-electron chi connectivity index (χ1n) is 3.51. The van der Waals surface area contributed by atoms with E-state index in [1.54, 1.807) is 18.8 Å². The van der Waals surface area contributed by atoms with Gasteiger partial charge in [-0.15, -0.1) is 0 Å². The van der Waals surface area contributed by atoms with Crippen LogP contribution in [0.1, 0.15) is 20.3 Å². The Balaban J connectivity index is 3.64.